The third-order valence-corrected chi connectivity index (χ3v) is 3.04. The van der Waals surface area contributed by atoms with Crippen molar-refractivity contribution < 1.29 is 9.53 Å². The number of amides is 1. The van der Waals surface area contributed by atoms with Crippen molar-refractivity contribution in [1.82, 2.24) is 4.90 Å². The highest BCUT2D eigenvalue weighted by Crippen LogP contribution is 2.13. The number of nitrogens with zero attached hydrogens (tertiary/aromatic N) is 1. The summed E-state index contributed by atoms with van der Waals surface area (Å²) in [4.78, 5) is 13.4. The molecule has 0 aliphatic carbocycles. The maximum absolute atomic E-state index is 11.2. The standard InChI is InChI=1S/C12H27N3O2/c1-5-15(7-8-17-6-2)10(3)9-12(4,14)11(13)16/h10H,5-9,14H2,1-4H3,(H2,13,16). The fraction of sp³-hybridized carbons (Fsp3) is 0.917. The molecule has 17 heavy (non-hydrogen) atoms. The van der Waals surface area contributed by atoms with Crippen molar-refractivity contribution in [3.05, 3.63) is 0 Å². The van der Waals surface area contributed by atoms with Crippen molar-refractivity contribution in [1.29, 1.82) is 0 Å². The molecule has 2 atom stereocenters. The maximum Gasteiger partial charge on any atom is 0.237 e. The number of hydrogen-bond acceptors (Lipinski definition) is 4. The van der Waals surface area contributed by atoms with Crippen molar-refractivity contribution in [3.63, 3.8) is 0 Å². The van der Waals surface area contributed by atoms with Crippen molar-refractivity contribution in [2.75, 3.05) is 26.3 Å². The molecule has 0 rings (SSSR count). The summed E-state index contributed by atoms with van der Waals surface area (Å²) >= 11 is 0. The predicted molar refractivity (Wildman–Crippen MR) is 69.6 cm³/mol. The summed E-state index contributed by atoms with van der Waals surface area (Å²) in [7, 11) is 0. The summed E-state index contributed by atoms with van der Waals surface area (Å²) in [6.07, 6.45) is 0.558. The molecule has 0 radical (unpaired) electrons. The normalized spacial score (nSPS) is 16.8. The van der Waals surface area contributed by atoms with Crippen LogP contribution in [0.15, 0.2) is 0 Å². The number of rotatable bonds is 9. The molecule has 0 aliphatic rings. The van der Waals surface area contributed by atoms with Crippen LogP contribution in [0, 0.1) is 0 Å². The highest BCUT2D eigenvalue weighted by atomic mass is 16.5. The molecule has 0 saturated carbocycles. The zero-order valence-corrected chi connectivity index (χ0v) is 11.5. The van der Waals surface area contributed by atoms with Gasteiger partial charge in [-0.1, -0.05) is 6.92 Å². The highest BCUT2D eigenvalue weighted by Gasteiger charge is 2.29. The van der Waals surface area contributed by atoms with Crippen LogP contribution in [0.4, 0.5) is 0 Å². The van der Waals surface area contributed by atoms with Gasteiger partial charge in [0.25, 0.3) is 0 Å². The molecule has 102 valence electrons. The third-order valence-electron chi connectivity index (χ3n) is 3.04. The molecule has 0 heterocycles. The Balaban J connectivity index is 4.24. The summed E-state index contributed by atoms with van der Waals surface area (Å²) in [5.41, 5.74) is 10.2. The number of carbonyl (C=O) groups is 1. The Morgan fingerprint density at radius 2 is 2.06 bits per heavy atom. The SMILES string of the molecule is CCOCCN(CC)C(C)CC(C)(N)C(N)=O. The molecular weight excluding hydrogens is 218 g/mol. The fourth-order valence-corrected chi connectivity index (χ4v) is 1.86. The first-order valence-corrected chi connectivity index (χ1v) is 6.25. The van der Waals surface area contributed by atoms with E-state index in [1.807, 2.05) is 6.92 Å². The Kier molecular flexibility index (Phi) is 7.34. The summed E-state index contributed by atoms with van der Waals surface area (Å²) in [5, 5.41) is 0. The second kappa shape index (κ2) is 7.63. The Hall–Kier alpha value is -0.650. The molecule has 0 fully saturated rings. The molecule has 0 saturated heterocycles. The van der Waals surface area contributed by atoms with Gasteiger partial charge in [-0.05, 0) is 33.7 Å². The second-order valence-corrected chi connectivity index (χ2v) is 4.66. The average molecular weight is 245 g/mol. The first kappa shape index (κ1) is 16.4. The quantitative estimate of drug-likeness (QED) is 0.573. The lowest BCUT2D eigenvalue weighted by Crippen LogP contribution is -2.53. The summed E-state index contributed by atoms with van der Waals surface area (Å²) in [5.74, 6) is -0.454. The van der Waals surface area contributed by atoms with E-state index in [1.165, 1.54) is 0 Å². The lowest BCUT2D eigenvalue weighted by Gasteiger charge is -2.32. The lowest BCUT2D eigenvalue weighted by atomic mass is 9.93. The molecule has 0 bridgehead atoms. The molecule has 0 aromatic carbocycles. The van der Waals surface area contributed by atoms with Crippen LogP contribution in [0.1, 0.15) is 34.1 Å². The van der Waals surface area contributed by atoms with Crippen LogP contribution in [0.5, 0.6) is 0 Å². The number of hydrogen-bond donors (Lipinski definition) is 2. The van der Waals surface area contributed by atoms with E-state index in [2.05, 4.69) is 18.7 Å². The molecule has 0 aromatic rings. The number of ether oxygens (including phenoxy) is 1. The Morgan fingerprint density at radius 3 is 2.47 bits per heavy atom. The molecule has 4 N–H and O–H groups in total. The molecule has 5 heteroatoms. The highest BCUT2D eigenvalue weighted by molar-refractivity contribution is 5.83. The van der Waals surface area contributed by atoms with Gasteiger partial charge in [-0.25, -0.2) is 0 Å². The zero-order valence-electron chi connectivity index (χ0n) is 11.5. The number of primary amides is 1. The van der Waals surface area contributed by atoms with Crippen LogP contribution in [-0.4, -0.2) is 48.7 Å². The minimum absolute atomic E-state index is 0.211. The van der Waals surface area contributed by atoms with Crippen LogP contribution in [-0.2, 0) is 9.53 Å². The molecule has 0 aromatic heterocycles. The Bertz CT molecular complexity index is 232. The minimum atomic E-state index is -0.946. The van der Waals surface area contributed by atoms with Crippen LogP contribution in [0.3, 0.4) is 0 Å². The Morgan fingerprint density at radius 1 is 1.47 bits per heavy atom. The summed E-state index contributed by atoms with van der Waals surface area (Å²) in [6, 6.07) is 0.211. The average Bonchev–Trinajstić information content (AvgIpc) is 2.23. The van der Waals surface area contributed by atoms with Crippen LogP contribution < -0.4 is 11.5 Å². The molecule has 0 spiro atoms. The zero-order chi connectivity index (χ0) is 13.5. The van der Waals surface area contributed by atoms with Gasteiger partial charge in [-0.3, -0.25) is 9.69 Å². The molecule has 1 amide bonds. The van der Waals surface area contributed by atoms with E-state index >= 15 is 0 Å². The van der Waals surface area contributed by atoms with Gasteiger partial charge in [0.15, 0.2) is 0 Å². The van der Waals surface area contributed by atoms with E-state index < -0.39 is 11.4 Å². The fourth-order valence-electron chi connectivity index (χ4n) is 1.86. The van der Waals surface area contributed by atoms with Gasteiger partial charge in [-0.15, -0.1) is 0 Å². The van der Waals surface area contributed by atoms with E-state index in [0.717, 1.165) is 19.7 Å². The van der Waals surface area contributed by atoms with E-state index in [9.17, 15) is 4.79 Å². The number of likely N-dealkylation sites (N-methyl/N-ethyl adjacent to an activating group) is 1. The Labute approximate surface area is 104 Å². The molecular formula is C12H27N3O2. The van der Waals surface area contributed by atoms with Gasteiger partial charge in [-0.2, -0.15) is 0 Å². The first-order chi connectivity index (χ1) is 7.85. The number of carbonyl (C=O) groups excluding carboxylic acids is 1. The predicted octanol–water partition coefficient (Wildman–Crippen LogP) is 0.326. The van der Waals surface area contributed by atoms with Gasteiger partial charge < -0.3 is 16.2 Å². The summed E-state index contributed by atoms with van der Waals surface area (Å²) in [6.45, 7) is 11.0. The smallest absolute Gasteiger partial charge is 0.237 e. The summed E-state index contributed by atoms with van der Waals surface area (Å²) < 4.78 is 5.33. The molecule has 0 aliphatic heterocycles. The minimum Gasteiger partial charge on any atom is -0.380 e. The number of nitrogens with two attached hydrogens (primary N) is 2. The largest absolute Gasteiger partial charge is 0.380 e. The molecule has 2 unspecified atom stereocenters. The van der Waals surface area contributed by atoms with Gasteiger partial charge in [0.2, 0.25) is 5.91 Å². The molecule has 5 nitrogen and oxygen atoms in total. The topological polar surface area (TPSA) is 81.6 Å². The maximum atomic E-state index is 11.2. The van der Waals surface area contributed by atoms with Crippen LogP contribution in [0.2, 0.25) is 0 Å². The van der Waals surface area contributed by atoms with Gasteiger partial charge in [0.05, 0.1) is 12.1 Å². The first-order valence-electron chi connectivity index (χ1n) is 6.25. The van der Waals surface area contributed by atoms with E-state index in [0.29, 0.717) is 13.0 Å². The van der Waals surface area contributed by atoms with E-state index in [-0.39, 0.29) is 6.04 Å². The van der Waals surface area contributed by atoms with Crippen molar-refractivity contribution in [3.8, 4) is 0 Å². The van der Waals surface area contributed by atoms with Crippen molar-refractivity contribution in [2.24, 2.45) is 11.5 Å². The van der Waals surface area contributed by atoms with E-state index in [1.54, 1.807) is 6.92 Å². The van der Waals surface area contributed by atoms with Gasteiger partial charge >= 0.3 is 0 Å². The third kappa shape index (κ3) is 6.00. The van der Waals surface area contributed by atoms with Gasteiger partial charge in [0, 0.05) is 19.2 Å². The van der Waals surface area contributed by atoms with E-state index in [4.69, 9.17) is 16.2 Å². The van der Waals surface area contributed by atoms with Crippen molar-refractivity contribution >= 4 is 5.91 Å². The second-order valence-electron chi connectivity index (χ2n) is 4.66. The van der Waals surface area contributed by atoms with Gasteiger partial charge in [0.1, 0.15) is 0 Å². The van der Waals surface area contributed by atoms with Crippen LogP contribution in [0.25, 0.3) is 0 Å². The van der Waals surface area contributed by atoms with Crippen molar-refractivity contribution in [2.45, 2.75) is 45.7 Å². The lowest BCUT2D eigenvalue weighted by molar-refractivity contribution is -0.123. The van der Waals surface area contributed by atoms with Crippen LogP contribution >= 0.6 is 0 Å². The monoisotopic (exact) mass is 245 g/mol.